The molecule has 0 aliphatic rings. The van der Waals surface area contributed by atoms with Gasteiger partial charge in [-0.1, -0.05) is 42.5 Å². The highest BCUT2D eigenvalue weighted by molar-refractivity contribution is 5.95. The Labute approximate surface area is 142 Å². The third-order valence-corrected chi connectivity index (χ3v) is 3.16. The molecule has 0 saturated heterocycles. The van der Waals surface area contributed by atoms with Gasteiger partial charge in [0.2, 0.25) is 5.91 Å². The van der Waals surface area contributed by atoms with Gasteiger partial charge in [-0.15, -0.1) is 0 Å². The molecule has 0 fully saturated rings. The van der Waals surface area contributed by atoms with Crippen LogP contribution in [0.15, 0.2) is 60.7 Å². The normalized spacial score (nSPS) is 11.3. The fourth-order valence-corrected chi connectivity index (χ4v) is 1.89. The molecule has 0 aliphatic heterocycles. The van der Waals surface area contributed by atoms with Gasteiger partial charge in [0.1, 0.15) is 0 Å². The average molecular weight is 348 g/mol. The van der Waals surface area contributed by atoms with E-state index in [1.54, 1.807) is 11.4 Å². The van der Waals surface area contributed by atoms with Crippen LogP contribution in [0.1, 0.15) is 11.1 Å². The van der Waals surface area contributed by atoms with E-state index in [4.69, 9.17) is 0 Å². The van der Waals surface area contributed by atoms with E-state index in [1.165, 1.54) is 30.3 Å². The number of hydrogen-bond acceptors (Lipinski definition) is 2. The number of hydrogen-bond donors (Lipinski definition) is 2. The molecule has 0 aliphatic carbocycles. The Morgan fingerprint density at radius 3 is 2.20 bits per heavy atom. The van der Waals surface area contributed by atoms with E-state index in [0.717, 1.165) is 5.56 Å². The van der Waals surface area contributed by atoms with Crippen molar-refractivity contribution in [3.8, 4) is 0 Å². The fourth-order valence-electron chi connectivity index (χ4n) is 1.89. The number of halogens is 3. The maximum absolute atomic E-state index is 12.2. The molecule has 0 bridgehead atoms. The van der Waals surface area contributed by atoms with Crippen LogP contribution in [-0.2, 0) is 16.1 Å². The maximum Gasteiger partial charge on any atom is 0.471 e. The smallest absolute Gasteiger partial charge is 0.348 e. The largest absolute Gasteiger partial charge is 0.471 e. The number of alkyl halides is 3. The molecule has 0 aromatic heterocycles. The lowest BCUT2D eigenvalue weighted by atomic mass is 10.2. The third-order valence-electron chi connectivity index (χ3n) is 3.16. The number of rotatable bonds is 5. The van der Waals surface area contributed by atoms with Gasteiger partial charge >= 0.3 is 12.1 Å². The van der Waals surface area contributed by atoms with Crippen LogP contribution >= 0.6 is 0 Å². The number of anilines is 1. The van der Waals surface area contributed by atoms with E-state index >= 15 is 0 Å². The average Bonchev–Trinajstić information content (AvgIpc) is 2.59. The van der Waals surface area contributed by atoms with Gasteiger partial charge in [0.15, 0.2) is 0 Å². The van der Waals surface area contributed by atoms with Crippen molar-refractivity contribution in [2.24, 2.45) is 0 Å². The molecule has 4 nitrogen and oxygen atoms in total. The van der Waals surface area contributed by atoms with Crippen LogP contribution in [0.2, 0.25) is 0 Å². The zero-order chi connectivity index (χ0) is 18.3. The number of nitrogens with one attached hydrogen (secondary N) is 2. The Morgan fingerprint density at radius 2 is 1.60 bits per heavy atom. The molecular weight excluding hydrogens is 333 g/mol. The molecule has 0 heterocycles. The fraction of sp³-hybridized carbons (Fsp3) is 0.111. The molecule has 7 heteroatoms. The number of carbonyl (C=O) groups excluding carboxylic acids is 2. The molecule has 2 aromatic carbocycles. The van der Waals surface area contributed by atoms with Crippen molar-refractivity contribution in [2.75, 3.05) is 5.32 Å². The summed E-state index contributed by atoms with van der Waals surface area (Å²) >= 11 is 0. The maximum atomic E-state index is 12.2. The second-order valence-electron chi connectivity index (χ2n) is 5.11. The lowest BCUT2D eigenvalue weighted by Crippen LogP contribution is -2.29. The van der Waals surface area contributed by atoms with Crippen molar-refractivity contribution in [1.82, 2.24) is 5.32 Å². The van der Waals surface area contributed by atoms with E-state index in [-0.39, 0.29) is 18.1 Å². The predicted octanol–water partition coefficient (Wildman–Crippen LogP) is 3.52. The van der Waals surface area contributed by atoms with Crippen LogP contribution in [0, 0.1) is 0 Å². The predicted molar refractivity (Wildman–Crippen MR) is 88.4 cm³/mol. The Balaban J connectivity index is 1.84. The number of carbonyl (C=O) groups is 2. The molecule has 2 N–H and O–H groups in total. The summed E-state index contributed by atoms with van der Waals surface area (Å²) in [7, 11) is 0. The summed E-state index contributed by atoms with van der Waals surface area (Å²) in [4.78, 5) is 22.6. The molecule has 2 aromatic rings. The van der Waals surface area contributed by atoms with Crippen LogP contribution in [0.3, 0.4) is 0 Å². The minimum atomic E-state index is -4.93. The highest BCUT2D eigenvalue weighted by Crippen LogP contribution is 2.18. The van der Waals surface area contributed by atoms with E-state index in [1.807, 2.05) is 30.3 Å². The van der Waals surface area contributed by atoms with Gasteiger partial charge in [0, 0.05) is 18.3 Å². The van der Waals surface area contributed by atoms with Crippen LogP contribution in [-0.4, -0.2) is 18.0 Å². The highest BCUT2D eigenvalue weighted by atomic mass is 19.4. The standard InChI is InChI=1S/C18H15F3N2O2/c19-18(20,21)17(25)23-15-9-6-14(7-10-15)12-22-16(24)11-8-13-4-2-1-3-5-13/h1-11H,12H2,(H,22,24)(H,23,25)/b11-8+. The Kier molecular flexibility index (Phi) is 5.94. The van der Waals surface area contributed by atoms with Gasteiger partial charge in [-0.05, 0) is 29.3 Å². The van der Waals surface area contributed by atoms with Gasteiger partial charge in [-0.25, -0.2) is 0 Å². The van der Waals surface area contributed by atoms with Gasteiger partial charge in [-0.3, -0.25) is 9.59 Å². The molecular formula is C18H15F3N2O2. The summed E-state index contributed by atoms with van der Waals surface area (Å²) < 4.78 is 36.5. The monoisotopic (exact) mass is 348 g/mol. The van der Waals surface area contributed by atoms with E-state index in [2.05, 4.69) is 5.32 Å². The SMILES string of the molecule is O=C(/C=C/c1ccccc1)NCc1ccc(NC(=O)C(F)(F)F)cc1. The van der Waals surface area contributed by atoms with Crippen molar-refractivity contribution >= 4 is 23.6 Å². The molecule has 0 spiro atoms. The zero-order valence-corrected chi connectivity index (χ0v) is 13.0. The van der Waals surface area contributed by atoms with Crippen molar-refractivity contribution in [2.45, 2.75) is 12.7 Å². The minimum absolute atomic E-state index is 0.0291. The van der Waals surface area contributed by atoms with Crippen molar-refractivity contribution in [3.05, 3.63) is 71.8 Å². The summed E-state index contributed by atoms with van der Waals surface area (Å²) in [6.45, 7) is 0.214. The van der Waals surface area contributed by atoms with Gasteiger partial charge < -0.3 is 10.6 Å². The molecule has 0 atom stereocenters. The molecule has 2 rings (SSSR count). The van der Waals surface area contributed by atoms with Crippen molar-refractivity contribution in [1.29, 1.82) is 0 Å². The van der Waals surface area contributed by atoms with E-state index in [0.29, 0.717) is 5.56 Å². The molecule has 25 heavy (non-hydrogen) atoms. The molecule has 0 saturated carbocycles. The van der Waals surface area contributed by atoms with Crippen LogP contribution < -0.4 is 10.6 Å². The summed E-state index contributed by atoms with van der Waals surface area (Å²) in [6.07, 6.45) is -1.86. The van der Waals surface area contributed by atoms with Crippen LogP contribution in [0.4, 0.5) is 18.9 Å². The third kappa shape index (κ3) is 6.14. The summed E-state index contributed by atoms with van der Waals surface area (Å²) in [5, 5.41) is 4.41. The van der Waals surface area contributed by atoms with Gasteiger partial charge in [-0.2, -0.15) is 13.2 Å². The second-order valence-corrected chi connectivity index (χ2v) is 5.11. The summed E-state index contributed by atoms with van der Waals surface area (Å²) in [5.74, 6) is -2.32. The highest BCUT2D eigenvalue weighted by Gasteiger charge is 2.38. The van der Waals surface area contributed by atoms with Gasteiger partial charge in [0.05, 0.1) is 0 Å². The first-order valence-electron chi connectivity index (χ1n) is 7.33. The second kappa shape index (κ2) is 8.14. The molecule has 2 amide bonds. The summed E-state index contributed by atoms with van der Waals surface area (Å²) in [5.41, 5.74) is 1.61. The Bertz CT molecular complexity index is 754. The van der Waals surface area contributed by atoms with E-state index < -0.39 is 12.1 Å². The van der Waals surface area contributed by atoms with E-state index in [9.17, 15) is 22.8 Å². The van der Waals surface area contributed by atoms with Crippen LogP contribution in [0.5, 0.6) is 0 Å². The molecule has 0 radical (unpaired) electrons. The van der Waals surface area contributed by atoms with Crippen molar-refractivity contribution < 1.29 is 22.8 Å². The number of benzene rings is 2. The lowest BCUT2D eigenvalue weighted by Gasteiger charge is -2.08. The molecule has 0 unspecified atom stereocenters. The quantitative estimate of drug-likeness (QED) is 0.813. The Morgan fingerprint density at radius 1 is 0.960 bits per heavy atom. The first-order chi connectivity index (χ1) is 11.8. The minimum Gasteiger partial charge on any atom is -0.348 e. The van der Waals surface area contributed by atoms with Gasteiger partial charge in [0.25, 0.3) is 0 Å². The first-order valence-corrected chi connectivity index (χ1v) is 7.33. The molecule has 130 valence electrons. The Hall–Kier alpha value is -3.09. The van der Waals surface area contributed by atoms with Crippen molar-refractivity contribution in [3.63, 3.8) is 0 Å². The zero-order valence-electron chi connectivity index (χ0n) is 13.0. The summed E-state index contributed by atoms with van der Waals surface area (Å²) in [6, 6.07) is 15.0. The van der Waals surface area contributed by atoms with Crippen LogP contribution in [0.25, 0.3) is 6.08 Å². The number of amides is 2. The lowest BCUT2D eigenvalue weighted by molar-refractivity contribution is -0.167. The first kappa shape index (κ1) is 18.3. The topological polar surface area (TPSA) is 58.2 Å².